The molecular weight excluding hydrogens is 304 g/mol. The summed E-state index contributed by atoms with van der Waals surface area (Å²) < 4.78 is 2.09. The molecule has 1 aliphatic rings. The summed E-state index contributed by atoms with van der Waals surface area (Å²) in [6, 6.07) is 7.98. The molecule has 6 nitrogen and oxygen atoms in total. The third-order valence-electron chi connectivity index (χ3n) is 4.69. The third kappa shape index (κ3) is 3.44. The highest BCUT2D eigenvalue weighted by Gasteiger charge is 2.38. The number of carbonyl (C=O) groups is 1. The Hall–Kier alpha value is -1.92. The zero-order valence-electron chi connectivity index (χ0n) is 14.7. The van der Waals surface area contributed by atoms with Crippen LogP contribution >= 0.6 is 0 Å². The van der Waals surface area contributed by atoms with E-state index in [0.717, 1.165) is 16.9 Å². The van der Waals surface area contributed by atoms with Crippen molar-refractivity contribution in [3.05, 3.63) is 30.1 Å². The topological polar surface area (TPSA) is 61.6 Å². The molecule has 0 radical (unpaired) electrons. The highest BCUT2D eigenvalue weighted by molar-refractivity contribution is 5.78. The molecule has 1 N–H and O–H groups in total. The normalized spacial score (nSPS) is 21.1. The molecule has 1 atom stereocenters. The average molecular weight is 330 g/mol. The lowest BCUT2D eigenvalue weighted by molar-refractivity contribution is -0.131. The first-order valence-corrected chi connectivity index (χ1v) is 8.45. The first-order valence-electron chi connectivity index (χ1n) is 8.45. The summed E-state index contributed by atoms with van der Waals surface area (Å²) in [4.78, 5) is 20.8. The molecule has 24 heavy (non-hydrogen) atoms. The maximum atomic E-state index is 12.5. The lowest BCUT2D eigenvalue weighted by atomic mass is 10.0. The Morgan fingerprint density at radius 3 is 2.88 bits per heavy atom. The Balaban J connectivity index is 1.63. The van der Waals surface area contributed by atoms with E-state index in [2.05, 4.69) is 9.55 Å². The molecule has 2 heterocycles. The monoisotopic (exact) mass is 330 g/mol. The molecule has 130 valence electrons. The van der Waals surface area contributed by atoms with Crippen LogP contribution in [0.4, 0.5) is 0 Å². The van der Waals surface area contributed by atoms with Gasteiger partial charge >= 0.3 is 0 Å². The molecule has 1 aliphatic heterocycles. The van der Waals surface area contributed by atoms with Gasteiger partial charge in [-0.05, 0) is 39.6 Å². The minimum Gasteiger partial charge on any atom is -0.387 e. The Kier molecular flexibility index (Phi) is 4.60. The highest BCUT2D eigenvalue weighted by Crippen LogP contribution is 2.23. The number of carbonyl (C=O) groups excluding carboxylic acids is 1. The number of para-hydroxylation sites is 2. The van der Waals surface area contributed by atoms with E-state index < -0.39 is 5.60 Å². The number of β-amino-alcohol motifs (C(OH)–C–C–N with tert-alkyl or cyclic N) is 1. The SMILES string of the molecule is Cc1nc2ccccc2n1CCC(=O)N1CC[C@](O)(CN(C)C)C1. The van der Waals surface area contributed by atoms with Gasteiger partial charge in [0.05, 0.1) is 23.2 Å². The zero-order valence-corrected chi connectivity index (χ0v) is 14.7. The van der Waals surface area contributed by atoms with Gasteiger partial charge < -0.3 is 19.5 Å². The highest BCUT2D eigenvalue weighted by atomic mass is 16.3. The number of likely N-dealkylation sites (N-methyl/N-ethyl adjacent to an activating group) is 1. The van der Waals surface area contributed by atoms with E-state index in [4.69, 9.17) is 0 Å². The second kappa shape index (κ2) is 6.53. The average Bonchev–Trinajstić information content (AvgIpc) is 3.04. The maximum absolute atomic E-state index is 12.5. The van der Waals surface area contributed by atoms with Gasteiger partial charge in [0.25, 0.3) is 0 Å². The van der Waals surface area contributed by atoms with Gasteiger partial charge in [-0.1, -0.05) is 12.1 Å². The molecule has 1 fully saturated rings. The van der Waals surface area contributed by atoms with Crippen LogP contribution in [-0.2, 0) is 11.3 Å². The van der Waals surface area contributed by atoms with Crippen molar-refractivity contribution in [3.63, 3.8) is 0 Å². The molecule has 0 bridgehead atoms. The first-order chi connectivity index (χ1) is 11.4. The number of aryl methyl sites for hydroxylation is 2. The minimum atomic E-state index is -0.781. The summed E-state index contributed by atoms with van der Waals surface area (Å²) in [5.41, 5.74) is 1.24. The molecule has 1 saturated heterocycles. The number of imidazole rings is 1. The molecule has 0 saturated carbocycles. The van der Waals surface area contributed by atoms with E-state index in [1.165, 1.54) is 0 Å². The Labute approximate surface area is 142 Å². The number of benzene rings is 1. The van der Waals surface area contributed by atoms with Crippen molar-refractivity contribution in [2.45, 2.75) is 31.9 Å². The minimum absolute atomic E-state index is 0.0989. The summed E-state index contributed by atoms with van der Waals surface area (Å²) in [6.07, 6.45) is 1.07. The summed E-state index contributed by atoms with van der Waals surface area (Å²) in [7, 11) is 3.88. The zero-order chi connectivity index (χ0) is 17.3. The fourth-order valence-corrected chi connectivity index (χ4v) is 3.63. The number of nitrogens with zero attached hydrogens (tertiary/aromatic N) is 4. The molecule has 0 unspecified atom stereocenters. The summed E-state index contributed by atoms with van der Waals surface area (Å²) in [5.74, 6) is 1.02. The van der Waals surface area contributed by atoms with E-state index in [9.17, 15) is 9.90 Å². The molecule has 1 aromatic heterocycles. The van der Waals surface area contributed by atoms with Gasteiger partial charge in [-0.3, -0.25) is 4.79 Å². The number of hydrogen-bond acceptors (Lipinski definition) is 4. The summed E-state index contributed by atoms with van der Waals surface area (Å²) in [5, 5.41) is 10.6. The van der Waals surface area contributed by atoms with Gasteiger partial charge in [-0.15, -0.1) is 0 Å². The fourth-order valence-electron chi connectivity index (χ4n) is 3.63. The molecule has 3 rings (SSSR count). The van der Waals surface area contributed by atoms with Crippen LogP contribution in [0, 0.1) is 6.92 Å². The van der Waals surface area contributed by atoms with E-state index in [1.54, 1.807) is 4.90 Å². The second-order valence-electron chi connectivity index (χ2n) is 7.08. The van der Waals surface area contributed by atoms with Crippen LogP contribution in [-0.4, -0.2) is 69.7 Å². The molecule has 0 spiro atoms. The van der Waals surface area contributed by atoms with Crippen LogP contribution in [0.25, 0.3) is 11.0 Å². The van der Waals surface area contributed by atoms with E-state index in [0.29, 0.717) is 39.0 Å². The summed E-state index contributed by atoms with van der Waals surface area (Å²) >= 11 is 0. The van der Waals surface area contributed by atoms with Crippen LogP contribution in [0.1, 0.15) is 18.7 Å². The first kappa shape index (κ1) is 16.9. The van der Waals surface area contributed by atoms with Crippen LogP contribution < -0.4 is 0 Å². The predicted octanol–water partition coefficient (Wildman–Crippen LogP) is 1.26. The number of aromatic nitrogens is 2. The van der Waals surface area contributed by atoms with Crippen molar-refractivity contribution in [1.82, 2.24) is 19.4 Å². The predicted molar refractivity (Wildman–Crippen MR) is 93.8 cm³/mol. The number of rotatable bonds is 5. The third-order valence-corrected chi connectivity index (χ3v) is 4.69. The van der Waals surface area contributed by atoms with Gasteiger partial charge in [0.15, 0.2) is 0 Å². The molecule has 6 heteroatoms. The standard InChI is InChI=1S/C18H26N4O2/c1-14-19-15-6-4-5-7-16(15)22(14)10-8-17(23)21-11-9-18(24,13-21)12-20(2)3/h4-7,24H,8-13H2,1-3H3/t18-/m0/s1. The Morgan fingerprint density at radius 2 is 2.12 bits per heavy atom. The summed E-state index contributed by atoms with van der Waals surface area (Å²) in [6.45, 7) is 4.23. The van der Waals surface area contributed by atoms with Crippen LogP contribution in [0.3, 0.4) is 0 Å². The number of likely N-dealkylation sites (tertiary alicyclic amines) is 1. The van der Waals surface area contributed by atoms with Crippen molar-refractivity contribution in [3.8, 4) is 0 Å². The van der Waals surface area contributed by atoms with Crippen LogP contribution in [0.2, 0.25) is 0 Å². The molecule has 0 aliphatic carbocycles. The van der Waals surface area contributed by atoms with E-state index in [-0.39, 0.29) is 5.91 Å². The van der Waals surface area contributed by atoms with Crippen molar-refractivity contribution >= 4 is 16.9 Å². The van der Waals surface area contributed by atoms with E-state index in [1.807, 2.05) is 50.2 Å². The van der Waals surface area contributed by atoms with Crippen LogP contribution in [0.15, 0.2) is 24.3 Å². The largest absolute Gasteiger partial charge is 0.387 e. The number of aliphatic hydroxyl groups is 1. The quantitative estimate of drug-likeness (QED) is 0.897. The number of hydrogen-bond donors (Lipinski definition) is 1. The molecular formula is C18H26N4O2. The smallest absolute Gasteiger partial charge is 0.224 e. The van der Waals surface area contributed by atoms with Crippen molar-refractivity contribution in [1.29, 1.82) is 0 Å². The number of fused-ring (bicyclic) bond motifs is 1. The van der Waals surface area contributed by atoms with Crippen molar-refractivity contribution < 1.29 is 9.90 Å². The van der Waals surface area contributed by atoms with Crippen LogP contribution in [0.5, 0.6) is 0 Å². The Morgan fingerprint density at radius 1 is 1.38 bits per heavy atom. The van der Waals surface area contributed by atoms with Gasteiger partial charge in [-0.25, -0.2) is 4.98 Å². The van der Waals surface area contributed by atoms with E-state index >= 15 is 0 Å². The molecule has 1 aromatic carbocycles. The second-order valence-corrected chi connectivity index (χ2v) is 7.08. The van der Waals surface area contributed by atoms with Gasteiger partial charge in [0, 0.05) is 26.1 Å². The van der Waals surface area contributed by atoms with Gasteiger partial charge in [0.1, 0.15) is 5.82 Å². The van der Waals surface area contributed by atoms with Crippen molar-refractivity contribution in [2.75, 3.05) is 33.7 Å². The fraction of sp³-hybridized carbons (Fsp3) is 0.556. The number of amides is 1. The Bertz CT molecular complexity index is 740. The van der Waals surface area contributed by atoms with Crippen molar-refractivity contribution in [2.24, 2.45) is 0 Å². The van der Waals surface area contributed by atoms with Gasteiger partial charge in [0.2, 0.25) is 5.91 Å². The lowest BCUT2D eigenvalue weighted by Crippen LogP contribution is -2.43. The molecule has 2 aromatic rings. The lowest BCUT2D eigenvalue weighted by Gasteiger charge is -2.26. The molecule has 1 amide bonds. The maximum Gasteiger partial charge on any atom is 0.224 e. The van der Waals surface area contributed by atoms with Gasteiger partial charge in [-0.2, -0.15) is 0 Å².